The van der Waals surface area contributed by atoms with Gasteiger partial charge in [0.1, 0.15) is 5.65 Å². The number of halogens is 1. The lowest BCUT2D eigenvalue weighted by Gasteiger charge is -2.02. The summed E-state index contributed by atoms with van der Waals surface area (Å²) < 4.78 is 15.5. The highest BCUT2D eigenvalue weighted by atomic mass is 19.1. The molecular formula is C11H12FN3. The minimum Gasteiger partial charge on any atom is -0.325 e. The van der Waals surface area contributed by atoms with E-state index in [1.54, 1.807) is 6.20 Å². The van der Waals surface area contributed by atoms with Crippen LogP contribution in [0.5, 0.6) is 0 Å². The standard InChI is InChI=1S/C11H12FN3/c12-11-9(7-1-2-7)3-4-10-14-8(5-13)6-15(10)11/h3-4,6-7H,1-2,5,13H2. The molecule has 0 aliphatic heterocycles. The van der Waals surface area contributed by atoms with E-state index in [1.807, 2.05) is 12.1 Å². The molecule has 0 radical (unpaired) electrons. The molecule has 0 atom stereocenters. The summed E-state index contributed by atoms with van der Waals surface area (Å²) in [6.45, 7) is 0.347. The SMILES string of the molecule is NCc1cn2c(F)c(C3CC3)ccc2n1. The fourth-order valence-corrected chi connectivity index (χ4v) is 1.89. The minimum atomic E-state index is -0.179. The van der Waals surface area contributed by atoms with Crippen LogP contribution in [0.1, 0.15) is 30.0 Å². The lowest BCUT2D eigenvalue weighted by atomic mass is 10.2. The molecule has 0 unspecified atom stereocenters. The van der Waals surface area contributed by atoms with Crippen LogP contribution in [0.4, 0.5) is 4.39 Å². The van der Waals surface area contributed by atoms with Crippen LogP contribution in [0.2, 0.25) is 0 Å². The Balaban J connectivity index is 2.21. The van der Waals surface area contributed by atoms with Gasteiger partial charge in [0.15, 0.2) is 0 Å². The monoisotopic (exact) mass is 205 g/mol. The van der Waals surface area contributed by atoms with Crippen LogP contribution in [-0.2, 0) is 6.54 Å². The second-order valence-electron chi connectivity index (χ2n) is 4.02. The molecule has 1 saturated carbocycles. The number of hydrogen-bond donors (Lipinski definition) is 1. The molecule has 1 aliphatic carbocycles. The van der Waals surface area contributed by atoms with Gasteiger partial charge in [-0.25, -0.2) is 4.98 Å². The van der Waals surface area contributed by atoms with Gasteiger partial charge in [0.05, 0.1) is 5.69 Å². The molecule has 2 N–H and O–H groups in total. The summed E-state index contributed by atoms with van der Waals surface area (Å²) in [7, 11) is 0. The Morgan fingerprint density at radius 1 is 1.47 bits per heavy atom. The maximum absolute atomic E-state index is 14.0. The zero-order chi connectivity index (χ0) is 10.4. The number of imidazole rings is 1. The Bertz CT molecular complexity index is 514. The molecule has 4 heteroatoms. The van der Waals surface area contributed by atoms with E-state index in [0.717, 1.165) is 24.1 Å². The van der Waals surface area contributed by atoms with Gasteiger partial charge in [-0.2, -0.15) is 4.39 Å². The fourth-order valence-electron chi connectivity index (χ4n) is 1.89. The van der Waals surface area contributed by atoms with Gasteiger partial charge in [-0.05, 0) is 24.8 Å². The minimum absolute atomic E-state index is 0.179. The van der Waals surface area contributed by atoms with Crippen molar-refractivity contribution in [3.63, 3.8) is 0 Å². The first-order chi connectivity index (χ1) is 7.29. The number of aromatic nitrogens is 2. The summed E-state index contributed by atoms with van der Waals surface area (Å²) in [6, 6.07) is 3.70. The molecule has 3 rings (SSSR count). The largest absolute Gasteiger partial charge is 0.325 e. The van der Waals surface area contributed by atoms with Gasteiger partial charge in [0.2, 0.25) is 5.95 Å². The van der Waals surface area contributed by atoms with Crippen molar-refractivity contribution >= 4 is 5.65 Å². The molecule has 1 aliphatic rings. The van der Waals surface area contributed by atoms with Crippen molar-refractivity contribution in [1.29, 1.82) is 0 Å². The Morgan fingerprint density at radius 3 is 2.93 bits per heavy atom. The summed E-state index contributed by atoms with van der Waals surface area (Å²) in [6.07, 6.45) is 3.87. The van der Waals surface area contributed by atoms with Crippen molar-refractivity contribution in [2.45, 2.75) is 25.3 Å². The van der Waals surface area contributed by atoms with Crippen molar-refractivity contribution in [1.82, 2.24) is 9.38 Å². The molecule has 15 heavy (non-hydrogen) atoms. The van der Waals surface area contributed by atoms with Gasteiger partial charge in [0, 0.05) is 18.3 Å². The van der Waals surface area contributed by atoms with Crippen LogP contribution < -0.4 is 5.73 Å². The third-order valence-corrected chi connectivity index (χ3v) is 2.87. The first kappa shape index (κ1) is 8.85. The second-order valence-corrected chi connectivity index (χ2v) is 4.02. The predicted molar refractivity (Wildman–Crippen MR) is 55.0 cm³/mol. The number of hydrogen-bond acceptors (Lipinski definition) is 2. The van der Waals surface area contributed by atoms with E-state index in [0.29, 0.717) is 18.1 Å². The highest BCUT2D eigenvalue weighted by Crippen LogP contribution is 2.41. The Kier molecular flexibility index (Phi) is 1.79. The molecule has 0 spiro atoms. The molecule has 2 heterocycles. The summed E-state index contributed by atoms with van der Waals surface area (Å²) >= 11 is 0. The first-order valence-corrected chi connectivity index (χ1v) is 5.16. The van der Waals surface area contributed by atoms with Gasteiger partial charge >= 0.3 is 0 Å². The van der Waals surface area contributed by atoms with Crippen molar-refractivity contribution in [3.05, 3.63) is 35.5 Å². The maximum atomic E-state index is 14.0. The lowest BCUT2D eigenvalue weighted by Crippen LogP contribution is -1.97. The summed E-state index contributed by atoms with van der Waals surface area (Å²) in [5, 5.41) is 0. The molecule has 0 saturated heterocycles. The van der Waals surface area contributed by atoms with Crippen LogP contribution in [0.25, 0.3) is 5.65 Å². The Hall–Kier alpha value is -1.42. The van der Waals surface area contributed by atoms with E-state index in [-0.39, 0.29) is 5.95 Å². The lowest BCUT2D eigenvalue weighted by molar-refractivity contribution is 0.551. The molecular weight excluding hydrogens is 193 g/mol. The van der Waals surface area contributed by atoms with Crippen molar-refractivity contribution in [2.75, 3.05) is 0 Å². The van der Waals surface area contributed by atoms with Gasteiger partial charge in [-0.3, -0.25) is 4.40 Å². The smallest absolute Gasteiger partial charge is 0.202 e. The molecule has 2 aromatic rings. The van der Waals surface area contributed by atoms with Crippen molar-refractivity contribution in [2.24, 2.45) is 5.73 Å². The average molecular weight is 205 g/mol. The molecule has 2 aromatic heterocycles. The van der Waals surface area contributed by atoms with Crippen LogP contribution in [0, 0.1) is 5.95 Å². The van der Waals surface area contributed by atoms with Crippen molar-refractivity contribution in [3.8, 4) is 0 Å². The second kappa shape index (κ2) is 3.03. The molecule has 0 bridgehead atoms. The number of rotatable bonds is 2. The van der Waals surface area contributed by atoms with E-state index in [9.17, 15) is 4.39 Å². The topological polar surface area (TPSA) is 43.3 Å². The van der Waals surface area contributed by atoms with Gasteiger partial charge < -0.3 is 5.73 Å². The van der Waals surface area contributed by atoms with E-state index in [4.69, 9.17) is 5.73 Å². The third kappa shape index (κ3) is 1.33. The number of fused-ring (bicyclic) bond motifs is 1. The first-order valence-electron chi connectivity index (χ1n) is 5.16. The Morgan fingerprint density at radius 2 is 2.27 bits per heavy atom. The number of nitrogens with zero attached hydrogens (tertiary/aromatic N) is 2. The number of pyridine rings is 1. The van der Waals surface area contributed by atoms with E-state index >= 15 is 0 Å². The average Bonchev–Trinajstić information content (AvgIpc) is 2.97. The summed E-state index contributed by atoms with van der Waals surface area (Å²) in [4.78, 5) is 4.21. The van der Waals surface area contributed by atoms with Crippen LogP contribution >= 0.6 is 0 Å². The third-order valence-electron chi connectivity index (χ3n) is 2.87. The normalized spacial score (nSPS) is 16.1. The molecule has 0 aromatic carbocycles. The summed E-state index contributed by atoms with van der Waals surface area (Å²) in [5.41, 5.74) is 7.64. The van der Waals surface area contributed by atoms with Crippen LogP contribution in [-0.4, -0.2) is 9.38 Å². The van der Waals surface area contributed by atoms with Gasteiger partial charge in [-0.15, -0.1) is 0 Å². The van der Waals surface area contributed by atoms with E-state index < -0.39 is 0 Å². The molecule has 78 valence electrons. The van der Waals surface area contributed by atoms with E-state index in [1.165, 1.54) is 4.40 Å². The van der Waals surface area contributed by atoms with Crippen molar-refractivity contribution < 1.29 is 4.39 Å². The fraction of sp³-hybridized carbons (Fsp3) is 0.364. The zero-order valence-corrected chi connectivity index (χ0v) is 8.28. The zero-order valence-electron chi connectivity index (χ0n) is 8.28. The van der Waals surface area contributed by atoms with Crippen LogP contribution in [0.3, 0.4) is 0 Å². The molecule has 0 amide bonds. The summed E-state index contributed by atoms with van der Waals surface area (Å²) in [5.74, 6) is 0.236. The predicted octanol–water partition coefficient (Wildman–Crippen LogP) is 1.81. The maximum Gasteiger partial charge on any atom is 0.202 e. The van der Waals surface area contributed by atoms with Gasteiger partial charge in [-0.1, -0.05) is 6.07 Å². The molecule has 1 fully saturated rings. The van der Waals surface area contributed by atoms with Crippen LogP contribution in [0.15, 0.2) is 18.3 Å². The highest BCUT2D eigenvalue weighted by molar-refractivity contribution is 5.43. The van der Waals surface area contributed by atoms with Gasteiger partial charge in [0.25, 0.3) is 0 Å². The molecule has 3 nitrogen and oxygen atoms in total. The highest BCUT2D eigenvalue weighted by Gasteiger charge is 2.27. The Labute approximate surface area is 86.7 Å². The number of nitrogens with two attached hydrogens (primary N) is 1. The van der Waals surface area contributed by atoms with E-state index in [2.05, 4.69) is 4.98 Å². The quantitative estimate of drug-likeness (QED) is 0.760.